The van der Waals surface area contributed by atoms with Crippen LogP contribution >= 0.6 is 11.6 Å². The van der Waals surface area contributed by atoms with Crippen molar-refractivity contribution in [3.8, 4) is 0 Å². The van der Waals surface area contributed by atoms with Gasteiger partial charge in [-0.3, -0.25) is 4.79 Å². The molecule has 166 valence electrons. The van der Waals surface area contributed by atoms with Crippen molar-refractivity contribution >= 4 is 17.5 Å². The number of carbonyl (C=O) groups excluding carboxylic acids is 1. The van der Waals surface area contributed by atoms with E-state index in [4.69, 9.17) is 11.6 Å². The normalized spacial score (nSPS) is 29.5. The molecule has 0 unspecified atom stereocenters. The van der Waals surface area contributed by atoms with Gasteiger partial charge in [0, 0.05) is 19.6 Å². The van der Waals surface area contributed by atoms with Crippen LogP contribution in [0, 0.1) is 23.2 Å². The first-order chi connectivity index (χ1) is 14.4. The number of nitrogens with one attached hydrogen (secondary N) is 2. The average molecular weight is 432 g/mol. The molecule has 5 rings (SSSR count). The topological polar surface area (TPSA) is 44.4 Å². The molecule has 0 heterocycles. The summed E-state index contributed by atoms with van der Waals surface area (Å²) < 4.78 is 0. The van der Waals surface area contributed by atoms with Crippen LogP contribution in [0.25, 0.3) is 0 Å². The smallest absolute Gasteiger partial charge is 0.252 e. The summed E-state index contributed by atoms with van der Waals surface area (Å²) in [5, 5.41) is 7.31. The van der Waals surface area contributed by atoms with Crippen LogP contribution in [0.1, 0.15) is 60.9 Å². The highest BCUT2D eigenvalue weighted by atomic mass is 35.5. The summed E-state index contributed by atoms with van der Waals surface area (Å²) in [5.74, 6) is 2.73. The molecule has 0 atom stereocenters. The standard InChI is InChI=1S/C25H38ClN3O/c1-29(2)9-8-27-7-3-4-18-5-6-23(26)22(13-18)24(30)28-17-25-14-19-10-20(15-25)12-21(11-19)16-25/h5-6,13,19-21,27H,3-4,7-12,14-17H2,1-2H3,(H,28,30). The third-order valence-corrected chi connectivity index (χ3v) is 7.95. The van der Waals surface area contributed by atoms with E-state index in [9.17, 15) is 4.79 Å². The molecule has 0 aliphatic heterocycles. The number of rotatable bonds is 10. The maximum atomic E-state index is 13.0. The maximum Gasteiger partial charge on any atom is 0.252 e. The summed E-state index contributed by atoms with van der Waals surface area (Å²) >= 11 is 6.40. The summed E-state index contributed by atoms with van der Waals surface area (Å²) in [6, 6.07) is 5.94. The first-order valence-electron chi connectivity index (χ1n) is 11.8. The van der Waals surface area contributed by atoms with Gasteiger partial charge in [0.05, 0.1) is 10.6 Å². The lowest BCUT2D eigenvalue weighted by molar-refractivity contribution is -0.0503. The molecule has 0 saturated heterocycles. The number of likely N-dealkylation sites (N-methyl/N-ethyl adjacent to an activating group) is 1. The molecule has 2 N–H and O–H groups in total. The SMILES string of the molecule is CN(C)CCNCCCc1ccc(Cl)c(C(=O)NCC23CC4CC(CC(C4)C2)C3)c1. The molecule has 1 aromatic rings. The number of aryl methyl sites for hydroxylation is 1. The zero-order valence-corrected chi connectivity index (χ0v) is 19.4. The summed E-state index contributed by atoms with van der Waals surface area (Å²) in [6.07, 6.45) is 10.3. The van der Waals surface area contributed by atoms with Crippen LogP contribution in [0.3, 0.4) is 0 Å². The number of carbonyl (C=O) groups is 1. The predicted octanol–water partition coefficient (Wildman–Crippen LogP) is 4.37. The van der Waals surface area contributed by atoms with Gasteiger partial charge in [-0.2, -0.15) is 0 Å². The summed E-state index contributed by atoms with van der Waals surface area (Å²) in [6.45, 7) is 3.87. The highest BCUT2D eigenvalue weighted by Crippen LogP contribution is 2.59. The number of benzene rings is 1. The molecule has 5 heteroatoms. The molecule has 4 bridgehead atoms. The van der Waals surface area contributed by atoms with Crippen LogP contribution < -0.4 is 10.6 Å². The highest BCUT2D eigenvalue weighted by molar-refractivity contribution is 6.33. The van der Waals surface area contributed by atoms with Crippen LogP contribution in [0.15, 0.2) is 18.2 Å². The molecule has 4 aliphatic carbocycles. The fourth-order valence-electron chi connectivity index (χ4n) is 6.62. The molecule has 4 fully saturated rings. The largest absolute Gasteiger partial charge is 0.351 e. The molecular weight excluding hydrogens is 394 g/mol. The zero-order chi connectivity index (χ0) is 21.1. The van der Waals surface area contributed by atoms with Crippen molar-refractivity contribution in [2.24, 2.45) is 23.2 Å². The van der Waals surface area contributed by atoms with Crippen molar-refractivity contribution in [3.05, 3.63) is 34.3 Å². The van der Waals surface area contributed by atoms with Gasteiger partial charge in [-0.25, -0.2) is 0 Å². The second-order valence-electron chi connectivity index (χ2n) is 10.6. The number of nitrogens with zero attached hydrogens (tertiary/aromatic N) is 1. The molecule has 4 aliphatic rings. The Bertz CT molecular complexity index is 713. The van der Waals surface area contributed by atoms with E-state index in [0.29, 0.717) is 16.0 Å². The number of amides is 1. The van der Waals surface area contributed by atoms with Gasteiger partial charge in [0.15, 0.2) is 0 Å². The monoisotopic (exact) mass is 431 g/mol. The lowest BCUT2D eigenvalue weighted by Crippen LogP contribution is -2.51. The summed E-state index contributed by atoms with van der Waals surface area (Å²) in [7, 11) is 4.18. The third-order valence-electron chi connectivity index (χ3n) is 7.62. The molecular formula is C25H38ClN3O. The second kappa shape index (κ2) is 9.58. The number of hydrogen-bond donors (Lipinski definition) is 2. The lowest BCUT2D eigenvalue weighted by Gasteiger charge is -2.56. The van der Waals surface area contributed by atoms with Crippen LogP contribution in [-0.2, 0) is 6.42 Å². The first kappa shape index (κ1) is 22.1. The maximum absolute atomic E-state index is 13.0. The predicted molar refractivity (Wildman–Crippen MR) is 124 cm³/mol. The number of halogens is 1. The minimum Gasteiger partial charge on any atom is -0.351 e. The van der Waals surface area contributed by atoms with Gasteiger partial charge >= 0.3 is 0 Å². The Morgan fingerprint density at radius 2 is 1.77 bits per heavy atom. The Balaban J connectivity index is 1.28. The molecule has 4 saturated carbocycles. The van der Waals surface area contributed by atoms with Crippen LogP contribution in [0.5, 0.6) is 0 Å². The van der Waals surface area contributed by atoms with E-state index in [1.807, 2.05) is 12.1 Å². The molecule has 4 nitrogen and oxygen atoms in total. The van der Waals surface area contributed by atoms with Crippen LogP contribution in [-0.4, -0.2) is 51.1 Å². The van der Waals surface area contributed by atoms with E-state index in [0.717, 1.165) is 56.8 Å². The van der Waals surface area contributed by atoms with Gasteiger partial charge in [-0.1, -0.05) is 17.7 Å². The zero-order valence-electron chi connectivity index (χ0n) is 18.7. The van der Waals surface area contributed by atoms with Crippen LogP contribution in [0.2, 0.25) is 5.02 Å². The third kappa shape index (κ3) is 5.38. The Morgan fingerprint density at radius 1 is 1.10 bits per heavy atom. The first-order valence-corrected chi connectivity index (χ1v) is 12.2. The average Bonchev–Trinajstić information content (AvgIpc) is 2.69. The Kier molecular flexibility index (Phi) is 7.06. The van der Waals surface area contributed by atoms with E-state index >= 15 is 0 Å². The minimum absolute atomic E-state index is 0.00158. The fourth-order valence-corrected chi connectivity index (χ4v) is 6.82. The van der Waals surface area contributed by atoms with Crippen molar-refractivity contribution in [1.82, 2.24) is 15.5 Å². The number of hydrogen-bond acceptors (Lipinski definition) is 3. The molecule has 1 amide bonds. The fraction of sp³-hybridized carbons (Fsp3) is 0.720. The molecule has 1 aromatic carbocycles. The van der Waals surface area contributed by atoms with E-state index in [-0.39, 0.29) is 5.91 Å². The Morgan fingerprint density at radius 3 is 2.40 bits per heavy atom. The Labute approximate surface area is 187 Å². The molecule has 0 aromatic heterocycles. The van der Waals surface area contributed by atoms with Crippen LogP contribution in [0.4, 0.5) is 0 Å². The highest BCUT2D eigenvalue weighted by Gasteiger charge is 2.50. The van der Waals surface area contributed by atoms with E-state index < -0.39 is 0 Å². The van der Waals surface area contributed by atoms with Gasteiger partial charge in [0.1, 0.15) is 0 Å². The molecule has 0 radical (unpaired) electrons. The molecule has 30 heavy (non-hydrogen) atoms. The van der Waals surface area contributed by atoms with E-state index in [2.05, 4.69) is 35.7 Å². The van der Waals surface area contributed by atoms with Crippen molar-refractivity contribution < 1.29 is 4.79 Å². The second-order valence-corrected chi connectivity index (χ2v) is 11.0. The minimum atomic E-state index is 0.00158. The van der Waals surface area contributed by atoms with E-state index in [1.54, 1.807) is 0 Å². The van der Waals surface area contributed by atoms with E-state index in [1.165, 1.54) is 44.1 Å². The Hall–Kier alpha value is -1.10. The van der Waals surface area contributed by atoms with Crippen molar-refractivity contribution in [2.45, 2.75) is 51.4 Å². The van der Waals surface area contributed by atoms with Gasteiger partial charge in [0.25, 0.3) is 5.91 Å². The summed E-state index contributed by atoms with van der Waals surface area (Å²) in [4.78, 5) is 15.2. The quantitative estimate of drug-likeness (QED) is 0.540. The van der Waals surface area contributed by atoms with Crippen molar-refractivity contribution in [1.29, 1.82) is 0 Å². The van der Waals surface area contributed by atoms with Crippen molar-refractivity contribution in [3.63, 3.8) is 0 Å². The van der Waals surface area contributed by atoms with Crippen molar-refractivity contribution in [2.75, 3.05) is 40.3 Å². The van der Waals surface area contributed by atoms with Gasteiger partial charge < -0.3 is 15.5 Å². The molecule has 0 spiro atoms. The lowest BCUT2D eigenvalue weighted by atomic mass is 9.49. The van der Waals surface area contributed by atoms with Gasteiger partial charge in [-0.05, 0) is 113 Å². The van der Waals surface area contributed by atoms with Gasteiger partial charge in [0.2, 0.25) is 0 Å². The van der Waals surface area contributed by atoms with Gasteiger partial charge in [-0.15, -0.1) is 0 Å². The summed E-state index contributed by atoms with van der Waals surface area (Å²) in [5.41, 5.74) is 2.18.